The Hall–Kier alpha value is -1.46. The molecule has 0 bridgehead atoms. The molecule has 1 aliphatic heterocycles. The highest BCUT2D eigenvalue weighted by Gasteiger charge is 2.38. The monoisotopic (exact) mass is 490 g/mol. The van der Waals surface area contributed by atoms with E-state index in [4.69, 9.17) is 5.73 Å². The van der Waals surface area contributed by atoms with Crippen molar-refractivity contribution in [1.82, 2.24) is 15.5 Å². The zero-order valence-corrected chi connectivity index (χ0v) is 21.1. The maximum Gasteiger partial charge on any atom is 0.326 e. The molecule has 1 fully saturated rings. The molecule has 1 saturated heterocycles. The van der Waals surface area contributed by atoms with Crippen molar-refractivity contribution in [2.75, 3.05) is 30.6 Å². The Bertz CT molecular complexity index is 652. The van der Waals surface area contributed by atoms with Gasteiger partial charge < -0.3 is 26.4 Å². The Labute approximate surface area is 199 Å². The van der Waals surface area contributed by atoms with Crippen molar-refractivity contribution in [2.45, 2.75) is 70.1 Å². The van der Waals surface area contributed by atoms with Gasteiger partial charge in [0.15, 0.2) is 0 Å². The van der Waals surface area contributed by atoms with E-state index in [2.05, 4.69) is 10.6 Å². The van der Waals surface area contributed by atoms with Gasteiger partial charge in [0.2, 0.25) is 17.7 Å². The number of hydrogen-bond acceptors (Lipinski definition) is 7. The second kappa shape index (κ2) is 14.6. The summed E-state index contributed by atoms with van der Waals surface area (Å²) in [6.07, 6.45) is 6.52. The van der Waals surface area contributed by atoms with Crippen LogP contribution in [0.15, 0.2) is 0 Å². The lowest BCUT2D eigenvalue weighted by molar-refractivity contribution is -0.144. The predicted molar refractivity (Wildman–Crippen MR) is 130 cm³/mol. The zero-order valence-electron chi connectivity index (χ0n) is 19.5. The number of rotatable bonds is 14. The minimum Gasteiger partial charge on any atom is -0.480 e. The summed E-state index contributed by atoms with van der Waals surface area (Å²) in [6.45, 7) is 4.08. The fraction of sp³-hybridized carbons (Fsp3) is 0.810. The minimum atomic E-state index is -1.10. The predicted octanol–water partition coefficient (Wildman–Crippen LogP) is 0.911. The van der Waals surface area contributed by atoms with Crippen LogP contribution in [0.3, 0.4) is 0 Å². The van der Waals surface area contributed by atoms with Crippen LogP contribution in [-0.4, -0.2) is 88.4 Å². The van der Waals surface area contributed by atoms with Crippen LogP contribution in [0.5, 0.6) is 0 Å². The lowest BCUT2D eigenvalue weighted by Gasteiger charge is -2.29. The minimum absolute atomic E-state index is 0.246. The summed E-state index contributed by atoms with van der Waals surface area (Å²) >= 11 is 3.14. The first kappa shape index (κ1) is 28.6. The second-order valence-corrected chi connectivity index (χ2v) is 10.1. The van der Waals surface area contributed by atoms with Gasteiger partial charge in [-0.2, -0.15) is 23.5 Å². The molecule has 5 N–H and O–H groups in total. The summed E-state index contributed by atoms with van der Waals surface area (Å²) < 4.78 is 0. The Kier molecular flexibility index (Phi) is 13.1. The number of hydrogen-bond donors (Lipinski definition) is 4. The number of nitrogens with two attached hydrogens (primary N) is 1. The number of carbonyl (C=O) groups is 4. The molecule has 0 aromatic carbocycles. The fourth-order valence-corrected chi connectivity index (χ4v) is 4.55. The van der Waals surface area contributed by atoms with Crippen LogP contribution < -0.4 is 16.4 Å². The number of nitrogens with zero attached hydrogens (tertiary/aromatic N) is 1. The quantitative estimate of drug-likeness (QED) is 0.281. The summed E-state index contributed by atoms with van der Waals surface area (Å²) in [7, 11) is 0. The molecule has 3 amide bonds. The first-order valence-corrected chi connectivity index (χ1v) is 13.8. The maximum absolute atomic E-state index is 13.0. The number of carboxylic acid groups (broad SMARTS) is 1. The van der Waals surface area contributed by atoms with E-state index in [1.54, 1.807) is 18.7 Å². The molecule has 0 aliphatic carbocycles. The molecule has 0 radical (unpaired) electrons. The van der Waals surface area contributed by atoms with E-state index in [1.807, 2.05) is 19.4 Å². The van der Waals surface area contributed by atoms with Gasteiger partial charge in [0.05, 0.1) is 6.04 Å². The van der Waals surface area contributed by atoms with Crippen LogP contribution in [0.4, 0.5) is 0 Å². The van der Waals surface area contributed by atoms with E-state index < -0.39 is 42.0 Å². The van der Waals surface area contributed by atoms with Gasteiger partial charge in [0.25, 0.3) is 0 Å². The summed E-state index contributed by atoms with van der Waals surface area (Å²) in [5, 5.41) is 14.8. The summed E-state index contributed by atoms with van der Waals surface area (Å²) in [6, 6.07) is -3.22. The second-order valence-electron chi connectivity index (χ2n) is 8.13. The van der Waals surface area contributed by atoms with Crippen molar-refractivity contribution in [3.8, 4) is 0 Å². The highest BCUT2D eigenvalue weighted by Crippen LogP contribution is 2.20. The maximum atomic E-state index is 13.0. The topological polar surface area (TPSA) is 142 Å². The van der Waals surface area contributed by atoms with E-state index in [0.717, 1.165) is 5.75 Å². The number of nitrogens with one attached hydrogen (secondary N) is 2. The molecular weight excluding hydrogens is 452 g/mol. The van der Waals surface area contributed by atoms with Crippen LogP contribution >= 0.6 is 23.5 Å². The average molecular weight is 491 g/mol. The third kappa shape index (κ3) is 8.47. The van der Waals surface area contributed by atoms with Crippen molar-refractivity contribution in [1.29, 1.82) is 0 Å². The molecule has 9 nitrogen and oxygen atoms in total. The van der Waals surface area contributed by atoms with Gasteiger partial charge in [-0.1, -0.05) is 20.3 Å². The molecule has 0 aromatic rings. The highest BCUT2D eigenvalue weighted by molar-refractivity contribution is 7.98. The van der Waals surface area contributed by atoms with E-state index in [-0.39, 0.29) is 11.8 Å². The number of amides is 3. The Morgan fingerprint density at radius 3 is 2.31 bits per heavy atom. The standard InChI is InChI=1S/C21H38N4O5S2/c1-5-13(2)17(21(29)30)24-18(26)15(9-12-32-4)23-19(27)16-7-6-10-25(16)20(28)14(22)8-11-31-3/h13-17H,5-12,22H2,1-4H3,(H,23,27)(H,24,26)(H,29,30). The van der Waals surface area contributed by atoms with Gasteiger partial charge in [-0.05, 0) is 55.6 Å². The third-order valence-corrected chi connectivity index (χ3v) is 7.10. The van der Waals surface area contributed by atoms with E-state index in [0.29, 0.717) is 44.4 Å². The van der Waals surface area contributed by atoms with E-state index >= 15 is 0 Å². The van der Waals surface area contributed by atoms with Crippen LogP contribution in [0.1, 0.15) is 46.0 Å². The number of likely N-dealkylation sites (tertiary alicyclic amines) is 1. The normalized spacial score (nSPS) is 19.7. The van der Waals surface area contributed by atoms with Gasteiger partial charge in [-0.3, -0.25) is 14.4 Å². The summed E-state index contributed by atoms with van der Waals surface area (Å²) in [5.41, 5.74) is 6.03. The Morgan fingerprint density at radius 2 is 1.75 bits per heavy atom. The fourth-order valence-electron chi connectivity index (χ4n) is 3.59. The van der Waals surface area contributed by atoms with Crippen LogP contribution in [0, 0.1) is 5.92 Å². The zero-order chi connectivity index (χ0) is 24.3. The van der Waals surface area contributed by atoms with Crippen LogP contribution in [0.25, 0.3) is 0 Å². The molecule has 32 heavy (non-hydrogen) atoms. The van der Waals surface area contributed by atoms with Crippen molar-refractivity contribution in [3.63, 3.8) is 0 Å². The molecule has 0 spiro atoms. The molecule has 1 rings (SSSR count). The molecule has 1 aliphatic rings. The SMILES string of the molecule is CCC(C)C(NC(=O)C(CCSC)NC(=O)C1CCCN1C(=O)C(N)CCSC)C(=O)O. The number of aliphatic carboxylic acids is 1. The van der Waals surface area contributed by atoms with E-state index in [1.165, 1.54) is 16.7 Å². The first-order valence-electron chi connectivity index (χ1n) is 11.0. The molecule has 5 unspecified atom stereocenters. The number of thioether (sulfide) groups is 2. The largest absolute Gasteiger partial charge is 0.480 e. The average Bonchev–Trinajstić information content (AvgIpc) is 3.26. The smallest absolute Gasteiger partial charge is 0.326 e. The first-order chi connectivity index (χ1) is 15.2. The Balaban J connectivity index is 2.88. The number of carbonyl (C=O) groups excluding carboxylic acids is 3. The van der Waals surface area contributed by atoms with Crippen LogP contribution in [-0.2, 0) is 19.2 Å². The van der Waals surface area contributed by atoms with Crippen molar-refractivity contribution < 1.29 is 24.3 Å². The van der Waals surface area contributed by atoms with Gasteiger partial charge in [0.1, 0.15) is 18.1 Å². The molecule has 11 heteroatoms. The third-order valence-electron chi connectivity index (χ3n) is 5.81. The Morgan fingerprint density at radius 1 is 1.12 bits per heavy atom. The van der Waals surface area contributed by atoms with E-state index in [9.17, 15) is 24.3 Å². The molecular formula is C21H38N4O5S2. The number of carboxylic acids is 1. The highest BCUT2D eigenvalue weighted by atomic mass is 32.2. The lowest BCUT2D eigenvalue weighted by Crippen LogP contribution is -2.57. The summed E-state index contributed by atoms with van der Waals surface area (Å²) in [4.78, 5) is 51.8. The van der Waals surface area contributed by atoms with Crippen LogP contribution in [0.2, 0.25) is 0 Å². The molecule has 184 valence electrons. The van der Waals surface area contributed by atoms with Gasteiger partial charge in [0, 0.05) is 6.54 Å². The summed E-state index contributed by atoms with van der Waals surface area (Å²) in [5.74, 6) is -1.14. The van der Waals surface area contributed by atoms with Gasteiger partial charge >= 0.3 is 5.97 Å². The molecule has 0 aromatic heterocycles. The van der Waals surface area contributed by atoms with Gasteiger partial charge in [-0.25, -0.2) is 4.79 Å². The van der Waals surface area contributed by atoms with Crippen molar-refractivity contribution in [2.24, 2.45) is 11.7 Å². The van der Waals surface area contributed by atoms with Crippen molar-refractivity contribution in [3.05, 3.63) is 0 Å². The molecule has 5 atom stereocenters. The molecule has 0 saturated carbocycles. The van der Waals surface area contributed by atoms with Crippen molar-refractivity contribution >= 4 is 47.2 Å². The van der Waals surface area contributed by atoms with Gasteiger partial charge in [-0.15, -0.1) is 0 Å². The lowest BCUT2D eigenvalue weighted by atomic mass is 9.98. The molecule has 1 heterocycles.